The van der Waals surface area contributed by atoms with Crippen LogP contribution in [0.1, 0.15) is 34.8 Å². The molecular formula is C31H31ClN2O3S. The molecule has 38 heavy (non-hydrogen) atoms. The van der Waals surface area contributed by atoms with E-state index < -0.39 is 6.04 Å². The van der Waals surface area contributed by atoms with Crippen molar-refractivity contribution >= 4 is 38.9 Å². The number of ketones is 1. The Morgan fingerprint density at radius 3 is 2.32 bits per heavy atom. The maximum atomic E-state index is 13.8. The number of thiophene rings is 1. The molecule has 0 spiro atoms. The molecule has 2 atom stereocenters. The number of ether oxygens (including phenoxy) is 1. The van der Waals surface area contributed by atoms with Crippen molar-refractivity contribution in [2.24, 2.45) is 5.92 Å². The van der Waals surface area contributed by atoms with Crippen LogP contribution in [0.15, 0.2) is 90.3 Å². The molecule has 1 N–H and O–H groups in total. The first-order valence-electron chi connectivity index (χ1n) is 13.0. The van der Waals surface area contributed by atoms with Crippen LogP contribution in [0.3, 0.4) is 0 Å². The zero-order valence-corrected chi connectivity index (χ0v) is 22.7. The standard InChI is InChI=1S/C31H31N2O3S.ClH/c34-27(22-9-3-1-4-10-22)19-33-17-15-23(16-18-33)28(20-33)36-31(35)30(32-24-11-5-2-6-12-24)26-21-37-29-14-8-7-13-25(26)29;/h1-14,21,23,28,30,32H,15-20H2;1H/q+1;/p-1/t23?,28-,30+,33?;/m0./s1. The van der Waals surface area contributed by atoms with Crippen LogP contribution < -0.4 is 17.7 Å². The number of hydrogen-bond acceptors (Lipinski definition) is 5. The van der Waals surface area contributed by atoms with E-state index >= 15 is 0 Å². The van der Waals surface area contributed by atoms with E-state index in [9.17, 15) is 9.59 Å². The largest absolute Gasteiger partial charge is 1.00 e. The number of quaternary nitrogens is 1. The number of carbonyl (C=O) groups is 2. The summed E-state index contributed by atoms with van der Waals surface area (Å²) in [5.41, 5.74) is 2.58. The predicted octanol–water partition coefficient (Wildman–Crippen LogP) is 3.09. The van der Waals surface area contributed by atoms with Crippen LogP contribution >= 0.6 is 11.3 Å². The first-order chi connectivity index (χ1) is 18.1. The lowest BCUT2D eigenvalue weighted by atomic mass is 9.82. The molecule has 7 rings (SSSR count). The Balaban J connectivity index is 0.00000294. The van der Waals surface area contributed by atoms with Gasteiger partial charge in [0.25, 0.3) is 0 Å². The lowest BCUT2D eigenvalue weighted by Crippen LogP contribution is -3.00. The van der Waals surface area contributed by atoms with E-state index in [1.165, 1.54) is 0 Å². The van der Waals surface area contributed by atoms with E-state index in [2.05, 4.69) is 22.8 Å². The maximum absolute atomic E-state index is 13.8. The van der Waals surface area contributed by atoms with Gasteiger partial charge in [0.1, 0.15) is 13.1 Å². The van der Waals surface area contributed by atoms with Gasteiger partial charge in [-0.1, -0.05) is 66.7 Å². The summed E-state index contributed by atoms with van der Waals surface area (Å²) < 4.78 is 8.18. The summed E-state index contributed by atoms with van der Waals surface area (Å²) in [5.74, 6) is 0.269. The molecule has 3 fully saturated rings. The summed E-state index contributed by atoms with van der Waals surface area (Å²) in [6, 6.07) is 26.9. The van der Waals surface area contributed by atoms with Crippen LogP contribution in [0, 0.1) is 5.92 Å². The van der Waals surface area contributed by atoms with Crippen LogP contribution in [0.4, 0.5) is 5.69 Å². The van der Waals surface area contributed by atoms with Gasteiger partial charge in [-0.05, 0) is 29.0 Å². The number of fused-ring (bicyclic) bond motifs is 4. The number of benzene rings is 3. The van der Waals surface area contributed by atoms with Gasteiger partial charge in [0, 0.05) is 40.3 Å². The van der Waals surface area contributed by atoms with Crippen molar-refractivity contribution in [2.45, 2.75) is 25.0 Å². The summed E-state index contributed by atoms with van der Waals surface area (Å²) in [6.45, 7) is 3.11. The molecule has 3 aliphatic rings. The zero-order valence-electron chi connectivity index (χ0n) is 21.1. The molecule has 196 valence electrons. The van der Waals surface area contributed by atoms with Gasteiger partial charge in [-0.15, -0.1) is 11.3 Å². The van der Waals surface area contributed by atoms with Crippen LogP contribution in [0.2, 0.25) is 0 Å². The van der Waals surface area contributed by atoms with E-state index in [0.717, 1.165) is 52.8 Å². The molecule has 3 aromatic carbocycles. The molecule has 2 bridgehead atoms. The average Bonchev–Trinajstić information content (AvgIpc) is 3.37. The van der Waals surface area contributed by atoms with E-state index in [1.807, 2.05) is 72.8 Å². The monoisotopic (exact) mass is 546 g/mol. The quantitative estimate of drug-likeness (QED) is 0.210. The molecule has 0 amide bonds. The van der Waals surface area contributed by atoms with Gasteiger partial charge >= 0.3 is 5.97 Å². The SMILES string of the molecule is O=C(C[N+]12CCC(CC1)[C@@H](OC(=O)[C@H](Nc1ccccc1)c1csc3ccccc13)C2)c1ccccc1.[Cl-]. The lowest BCUT2D eigenvalue weighted by Gasteiger charge is -2.51. The van der Waals surface area contributed by atoms with Crippen LogP contribution in [-0.2, 0) is 9.53 Å². The number of halogens is 1. The number of piperidine rings is 3. The first kappa shape index (κ1) is 26.4. The number of esters is 1. The first-order valence-corrected chi connectivity index (χ1v) is 13.9. The zero-order chi connectivity index (χ0) is 25.2. The van der Waals surface area contributed by atoms with Crippen molar-refractivity contribution in [3.8, 4) is 0 Å². The molecule has 4 heterocycles. The molecule has 0 radical (unpaired) electrons. The Hall–Kier alpha value is -3.19. The molecule has 7 heteroatoms. The van der Waals surface area contributed by atoms with Crippen LogP contribution in [0.5, 0.6) is 0 Å². The smallest absolute Gasteiger partial charge is 0.333 e. The van der Waals surface area contributed by atoms with E-state index in [-0.39, 0.29) is 30.3 Å². The Labute approximate surface area is 233 Å². The highest BCUT2D eigenvalue weighted by molar-refractivity contribution is 7.17. The normalized spacial score (nSPS) is 22.8. The molecular weight excluding hydrogens is 516 g/mol. The third-order valence-corrected chi connectivity index (χ3v) is 9.01. The number of nitrogens with one attached hydrogen (secondary N) is 1. The number of hydrogen-bond donors (Lipinski definition) is 1. The highest BCUT2D eigenvalue weighted by Crippen LogP contribution is 2.38. The minimum absolute atomic E-state index is 0. The van der Waals surface area contributed by atoms with Gasteiger partial charge in [0.2, 0.25) is 5.78 Å². The highest BCUT2D eigenvalue weighted by Gasteiger charge is 2.49. The van der Waals surface area contributed by atoms with Gasteiger partial charge in [0.15, 0.2) is 12.1 Å². The predicted molar refractivity (Wildman–Crippen MR) is 148 cm³/mol. The van der Waals surface area contributed by atoms with E-state index in [1.54, 1.807) is 11.3 Å². The number of carbonyl (C=O) groups excluding carboxylic acids is 2. The summed E-state index contributed by atoms with van der Waals surface area (Å²) in [6.07, 6.45) is 1.79. The number of anilines is 1. The molecule has 0 aliphatic carbocycles. The molecule has 0 saturated carbocycles. The van der Waals surface area contributed by atoms with Gasteiger partial charge in [0.05, 0.1) is 13.1 Å². The Morgan fingerprint density at radius 1 is 0.921 bits per heavy atom. The number of nitrogens with zero attached hydrogens (tertiary/aromatic N) is 1. The maximum Gasteiger partial charge on any atom is 0.333 e. The van der Waals surface area contributed by atoms with Crippen molar-refractivity contribution in [1.29, 1.82) is 0 Å². The van der Waals surface area contributed by atoms with Crippen molar-refractivity contribution in [3.63, 3.8) is 0 Å². The summed E-state index contributed by atoms with van der Waals surface area (Å²) in [7, 11) is 0. The van der Waals surface area contributed by atoms with Crippen LogP contribution in [0.25, 0.3) is 10.1 Å². The highest BCUT2D eigenvalue weighted by atomic mass is 35.5. The molecule has 3 saturated heterocycles. The average molecular weight is 547 g/mol. The topological polar surface area (TPSA) is 55.4 Å². The molecule has 4 aromatic rings. The Bertz CT molecular complexity index is 1400. The molecule has 0 unspecified atom stereocenters. The minimum atomic E-state index is -0.603. The van der Waals surface area contributed by atoms with Gasteiger partial charge in [-0.25, -0.2) is 4.79 Å². The van der Waals surface area contributed by atoms with E-state index in [0.29, 0.717) is 23.5 Å². The van der Waals surface area contributed by atoms with Crippen molar-refractivity contribution in [3.05, 3.63) is 101 Å². The Kier molecular flexibility index (Phi) is 7.84. The molecule has 3 aliphatic heterocycles. The fourth-order valence-corrected chi connectivity index (χ4v) is 6.99. The summed E-state index contributed by atoms with van der Waals surface area (Å²) in [5, 5.41) is 6.58. The minimum Gasteiger partial charge on any atom is -1.00 e. The van der Waals surface area contributed by atoms with Crippen molar-refractivity contribution < 1.29 is 31.2 Å². The lowest BCUT2D eigenvalue weighted by molar-refractivity contribution is -0.938. The summed E-state index contributed by atoms with van der Waals surface area (Å²) >= 11 is 1.64. The third-order valence-electron chi connectivity index (χ3n) is 8.03. The van der Waals surface area contributed by atoms with Crippen LogP contribution in [-0.4, -0.2) is 48.5 Å². The summed E-state index contributed by atoms with van der Waals surface area (Å²) in [4.78, 5) is 26.9. The molecule has 5 nitrogen and oxygen atoms in total. The Morgan fingerprint density at radius 2 is 1.58 bits per heavy atom. The number of para-hydroxylation sites is 1. The number of Topliss-reactive ketones (excluding diaryl/α,β-unsaturated/α-hetero) is 1. The van der Waals surface area contributed by atoms with Crippen molar-refractivity contribution in [2.75, 3.05) is 31.5 Å². The van der Waals surface area contributed by atoms with Crippen molar-refractivity contribution in [1.82, 2.24) is 0 Å². The third kappa shape index (κ3) is 5.35. The van der Waals surface area contributed by atoms with Gasteiger partial charge in [-0.2, -0.15) is 0 Å². The fraction of sp³-hybridized carbons (Fsp3) is 0.290. The second-order valence-corrected chi connectivity index (χ2v) is 11.3. The second kappa shape index (κ2) is 11.3. The fourth-order valence-electron chi connectivity index (χ4n) is 6.00. The van der Waals surface area contributed by atoms with E-state index in [4.69, 9.17) is 4.74 Å². The van der Waals surface area contributed by atoms with Gasteiger partial charge < -0.3 is 26.9 Å². The molecule has 1 aromatic heterocycles. The second-order valence-electron chi connectivity index (χ2n) is 10.4. The van der Waals surface area contributed by atoms with Gasteiger partial charge in [-0.3, -0.25) is 4.79 Å². The number of rotatable bonds is 8.